The largest absolute Gasteiger partial charge is 0.365 e. The minimum Gasteiger partial charge on any atom is -0.365 e. The molecule has 0 radical (unpaired) electrons. The van der Waals surface area contributed by atoms with Gasteiger partial charge in [0, 0.05) is 38.6 Å². The van der Waals surface area contributed by atoms with E-state index in [2.05, 4.69) is 10.3 Å². The van der Waals surface area contributed by atoms with E-state index in [0.717, 1.165) is 0 Å². The number of halogens is 1. The van der Waals surface area contributed by atoms with E-state index in [-0.39, 0.29) is 9.92 Å². The third kappa shape index (κ3) is 2.37. The van der Waals surface area contributed by atoms with Crippen molar-refractivity contribution in [2.24, 2.45) is 0 Å². The van der Waals surface area contributed by atoms with Gasteiger partial charge in [0.15, 0.2) is 0 Å². The van der Waals surface area contributed by atoms with Gasteiger partial charge < -0.3 is 10.3 Å². The molecule has 0 spiro atoms. The van der Waals surface area contributed by atoms with Crippen molar-refractivity contribution in [3.63, 3.8) is 0 Å². The lowest BCUT2D eigenvalue weighted by Gasteiger charge is -2.26. The Hall–Kier alpha value is -0.890. The van der Waals surface area contributed by atoms with Gasteiger partial charge in [-0.3, -0.25) is 4.79 Å². The summed E-state index contributed by atoms with van der Waals surface area (Å²) >= 11 is 5.62. The summed E-state index contributed by atoms with van der Waals surface area (Å²) in [7, 11) is -3.75. The second kappa shape index (κ2) is 4.77. The Morgan fingerprint density at radius 3 is 2.53 bits per heavy atom. The van der Waals surface area contributed by atoms with Crippen molar-refractivity contribution in [3.8, 4) is 0 Å². The van der Waals surface area contributed by atoms with Gasteiger partial charge in [0.25, 0.3) is 0 Å². The van der Waals surface area contributed by atoms with Crippen LogP contribution in [0.25, 0.3) is 0 Å². The highest BCUT2D eigenvalue weighted by Crippen LogP contribution is 2.13. The topological polar surface area (TPSA) is 82.3 Å². The highest BCUT2D eigenvalue weighted by Gasteiger charge is 2.28. The van der Waals surface area contributed by atoms with Crippen molar-refractivity contribution in [2.45, 2.75) is 4.90 Å². The molecule has 0 bridgehead atoms. The quantitative estimate of drug-likeness (QED) is 0.772. The molecule has 1 aliphatic heterocycles. The van der Waals surface area contributed by atoms with Gasteiger partial charge in [-0.2, -0.15) is 4.31 Å². The van der Waals surface area contributed by atoms with E-state index < -0.39 is 15.5 Å². The van der Waals surface area contributed by atoms with Gasteiger partial charge >= 0.3 is 0 Å². The molecule has 94 valence electrons. The fourth-order valence-corrected chi connectivity index (χ4v) is 3.38. The van der Waals surface area contributed by atoms with Crippen molar-refractivity contribution in [2.75, 3.05) is 26.2 Å². The van der Waals surface area contributed by atoms with Crippen molar-refractivity contribution < 1.29 is 8.42 Å². The summed E-state index contributed by atoms with van der Waals surface area (Å²) in [5, 5.41) is 2.92. The number of hydrogen-bond acceptors (Lipinski definition) is 4. The first-order chi connectivity index (χ1) is 8.03. The molecular weight excluding hydrogens is 266 g/mol. The van der Waals surface area contributed by atoms with Crippen molar-refractivity contribution in [1.82, 2.24) is 14.6 Å². The summed E-state index contributed by atoms with van der Waals surface area (Å²) in [5.41, 5.74) is -0.663. The number of H-pyrrole nitrogens is 1. The molecule has 0 unspecified atom stereocenters. The van der Waals surface area contributed by atoms with E-state index in [1.807, 2.05) is 0 Å². The smallest absolute Gasteiger partial charge is 0.248 e. The predicted octanol–water partition coefficient (Wildman–Crippen LogP) is -0.378. The minimum atomic E-state index is -3.75. The number of pyridine rings is 1. The molecule has 0 aromatic carbocycles. The van der Waals surface area contributed by atoms with Gasteiger partial charge in [0.05, 0.1) is 0 Å². The fourth-order valence-electron chi connectivity index (χ4n) is 1.65. The summed E-state index contributed by atoms with van der Waals surface area (Å²) in [5.74, 6) is 0. The number of aromatic amines is 1. The van der Waals surface area contributed by atoms with E-state index in [9.17, 15) is 13.2 Å². The summed E-state index contributed by atoms with van der Waals surface area (Å²) in [6.07, 6.45) is 2.44. The molecule has 8 heteroatoms. The van der Waals surface area contributed by atoms with Crippen molar-refractivity contribution in [3.05, 3.63) is 27.6 Å². The molecule has 1 aliphatic rings. The molecule has 0 amide bonds. The number of rotatable bonds is 2. The molecule has 2 N–H and O–H groups in total. The first-order valence-electron chi connectivity index (χ1n) is 5.11. The molecule has 1 fully saturated rings. The number of hydrogen-bond donors (Lipinski definition) is 2. The molecular formula is C9H12ClN3O3S. The number of piperazine rings is 1. The van der Waals surface area contributed by atoms with Crippen LogP contribution in [0, 0.1) is 0 Å². The molecule has 0 atom stereocenters. The Morgan fingerprint density at radius 2 is 1.88 bits per heavy atom. The molecule has 6 nitrogen and oxygen atoms in total. The maximum Gasteiger partial charge on any atom is 0.248 e. The molecule has 2 rings (SSSR count). The third-order valence-electron chi connectivity index (χ3n) is 2.56. The van der Waals surface area contributed by atoms with Crippen LogP contribution in [0.5, 0.6) is 0 Å². The Bertz CT molecular complexity index is 563. The van der Waals surface area contributed by atoms with E-state index in [1.165, 1.54) is 16.7 Å². The zero-order valence-electron chi connectivity index (χ0n) is 8.94. The first-order valence-corrected chi connectivity index (χ1v) is 6.93. The highest BCUT2D eigenvalue weighted by atomic mass is 35.5. The lowest BCUT2D eigenvalue weighted by atomic mass is 10.4. The number of nitrogens with one attached hydrogen (secondary N) is 2. The summed E-state index contributed by atoms with van der Waals surface area (Å²) in [4.78, 5) is 13.9. The average molecular weight is 278 g/mol. The first kappa shape index (κ1) is 12.6. The van der Waals surface area contributed by atoms with Crippen LogP contribution >= 0.6 is 11.6 Å². The summed E-state index contributed by atoms with van der Waals surface area (Å²) in [6, 6.07) is 0. The molecule has 17 heavy (non-hydrogen) atoms. The zero-order valence-corrected chi connectivity index (χ0v) is 10.5. The Labute approximate surface area is 104 Å². The standard InChI is InChI=1S/C9H12ClN3O3S/c10-7-5-12-6-8(9(7)14)17(15,16)13-3-1-11-2-4-13/h5-6,11H,1-4H2,(H,12,14). The third-order valence-corrected chi connectivity index (χ3v) is 4.74. The Morgan fingerprint density at radius 1 is 1.24 bits per heavy atom. The maximum atomic E-state index is 12.2. The van der Waals surface area contributed by atoms with Crippen LogP contribution in [0.1, 0.15) is 0 Å². The van der Waals surface area contributed by atoms with E-state index in [4.69, 9.17) is 11.6 Å². The number of nitrogens with zero attached hydrogens (tertiary/aromatic N) is 1. The summed E-state index contributed by atoms with van der Waals surface area (Å²) < 4.78 is 25.6. The van der Waals surface area contributed by atoms with E-state index in [0.29, 0.717) is 26.2 Å². The van der Waals surface area contributed by atoms with Crippen LogP contribution in [0.3, 0.4) is 0 Å². The molecule has 2 heterocycles. The lowest BCUT2D eigenvalue weighted by molar-refractivity contribution is 0.360. The second-order valence-electron chi connectivity index (χ2n) is 3.65. The van der Waals surface area contributed by atoms with Gasteiger partial charge in [-0.1, -0.05) is 11.6 Å². The minimum absolute atomic E-state index is 0.124. The Kier molecular flexibility index (Phi) is 3.53. The van der Waals surface area contributed by atoms with Gasteiger partial charge in [-0.25, -0.2) is 8.42 Å². The molecule has 1 saturated heterocycles. The van der Waals surface area contributed by atoms with Crippen LogP contribution in [0.2, 0.25) is 5.02 Å². The van der Waals surface area contributed by atoms with Crippen LogP contribution in [0.4, 0.5) is 0 Å². The summed E-state index contributed by atoms with van der Waals surface area (Å²) in [6.45, 7) is 1.87. The normalized spacial score (nSPS) is 18.2. The van der Waals surface area contributed by atoms with Crippen LogP contribution < -0.4 is 10.7 Å². The van der Waals surface area contributed by atoms with Gasteiger partial charge in [0.2, 0.25) is 15.5 Å². The molecule has 1 aromatic heterocycles. The zero-order chi connectivity index (χ0) is 12.5. The van der Waals surface area contributed by atoms with Crippen molar-refractivity contribution >= 4 is 21.6 Å². The van der Waals surface area contributed by atoms with Gasteiger partial charge in [-0.15, -0.1) is 0 Å². The van der Waals surface area contributed by atoms with E-state index in [1.54, 1.807) is 0 Å². The van der Waals surface area contributed by atoms with Crippen LogP contribution in [-0.4, -0.2) is 43.9 Å². The Balaban J connectivity index is 2.44. The lowest BCUT2D eigenvalue weighted by Crippen LogP contribution is -2.47. The van der Waals surface area contributed by atoms with E-state index >= 15 is 0 Å². The molecule has 1 aromatic rings. The van der Waals surface area contributed by atoms with Crippen LogP contribution in [-0.2, 0) is 10.0 Å². The fraction of sp³-hybridized carbons (Fsp3) is 0.444. The molecule has 0 saturated carbocycles. The van der Waals surface area contributed by atoms with Gasteiger partial charge in [-0.05, 0) is 0 Å². The van der Waals surface area contributed by atoms with Crippen molar-refractivity contribution in [1.29, 1.82) is 0 Å². The highest BCUT2D eigenvalue weighted by molar-refractivity contribution is 7.89. The number of aromatic nitrogens is 1. The average Bonchev–Trinajstić information content (AvgIpc) is 2.33. The van der Waals surface area contributed by atoms with Gasteiger partial charge in [0.1, 0.15) is 9.92 Å². The monoisotopic (exact) mass is 277 g/mol. The maximum absolute atomic E-state index is 12.2. The molecule has 0 aliphatic carbocycles. The van der Waals surface area contributed by atoms with Crippen LogP contribution in [0.15, 0.2) is 22.1 Å². The SMILES string of the molecule is O=c1c(Cl)c[nH]cc1S(=O)(=O)N1CCNCC1. The number of sulfonamides is 1. The predicted molar refractivity (Wildman–Crippen MR) is 63.7 cm³/mol. The second-order valence-corrected chi connectivity index (χ2v) is 5.96.